The summed E-state index contributed by atoms with van der Waals surface area (Å²) < 4.78 is 24.1. The third kappa shape index (κ3) is 2.47. The van der Waals surface area contributed by atoms with Crippen LogP contribution in [0.4, 0.5) is 4.39 Å². The van der Waals surface area contributed by atoms with Crippen LogP contribution in [0.2, 0.25) is 5.02 Å². The predicted molar refractivity (Wildman–Crippen MR) is 77.0 cm³/mol. The summed E-state index contributed by atoms with van der Waals surface area (Å²) in [5.74, 6) is -0.264. The van der Waals surface area contributed by atoms with Crippen molar-refractivity contribution in [2.45, 2.75) is 6.42 Å². The van der Waals surface area contributed by atoms with Gasteiger partial charge in [-0.25, -0.2) is 4.39 Å². The number of carbonyl (C=O) groups is 1. The average Bonchev–Trinajstić information content (AvgIpc) is 2.93. The summed E-state index contributed by atoms with van der Waals surface area (Å²) in [7, 11) is 1.37. The van der Waals surface area contributed by atoms with Gasteiger partial charge in [0.15, 0.2) is 17.3 Å². The van der Waals surface area contributed by atoms with Gasteiger partial charge < -0.3 is 9.47 Å². The highest BCUT2D eigenvalue weighted by Gasteiger charge is 2.23. The van der Waals surface area contributed by atoms with E-state index in [0.717, 1.165) is 11.6 Å². The van der Waals surface area contributed by atoms with Gasteiger partial charge in [0.05, 0.1) is 19.3 Å². The molecule has 2 aromatic rings. The van der Waals surface area contributed by atoms with Crippen LogP contribution in [0.5, 0.6) is 11.5 Å². The van der Waals surface area contributed by atoms with Gasteiger partial charge in [-0.2, -0.15) is 0 Å². The highest BCUT2D eigenvalue weighted by molar-refractivity contribution is 6.31. The Labute approximate surface area is 126 Å². The molecule has 0 aromatic heterocycles. The van der Waals surface area contributed by atoms with Gasteiger partial charge in [-0.1, -0.05) is 11.6 Å². The first-order chi connectivity index (χ1) is 10.1. The fraction of sp³-hybridized carbons (Fsp3) is 0.188. The summed E-state index contributed by atoms with van der Waals surface area (Å²) in [5.41, 5.74) is 1.49. The van der Waals surface area contributed by atoms with Crippen LogP contribution in [0.25, 0.3) is 0 Å². The van der Waals surface area contributed by atoms with Gasteiger partial charge in [0.1, 0.15) is 5.75 Å². The monoisotopic (exact) mass is 306 g/mol. The molecule has 108 valence electrons. The molecule has 0 unspecified atom stereocenters. The predicted octanol–water partition coefficient (Wildman–Crippen LogP) is 3.65. The Morgan fingerprint density at radius 3 is 2.86 bits per heavy atom. The SMILES string of the molecule is COc1ccc(C(=O)c2cc(Cl)cc3c2OCC3)cc1F. The first-order valence-electron chi connectivity index (χ1n) is 6.43. The van der Waals surface area contributed by atoms with Crippen molar-refractivity contribution in [2.24, 2.45) is 0 Å². The molecule has 1 aliphatic heterocycles. The Balaban J connectivity index is 2.05. The lowest BCUT2D eigenvalue weighted by Gasteiger charge is -2.09. The van der Waals surface area contributed by atoms with Gasteiger partial charge in [0.2, 0.25) is 0 Å². The second-order valence-corrected chi connectivity index (χ2v) is 5.15. The van der Waals surface area contributed by atoms with Crippen molar-refractivity contribution in [2.75, 3.05) is 13.7 Å². The molecular weight excluding hydrogens is 295 g/mol. The van der Waals surface area contributed by atoms with E-state index in [9.17, 15) is 9.18 Å². The molecule has 0 spiro atoms. The van der Waals surface area contributed by atoms with Crippen LogP contribution in [-0.4, -0.2) is 19.5 Å². The smallest absolute Gasteiger partial charge is 0.196 e. The van der Waals surface area contributed by atoms with E-state index in [2.05, 4.69) is 0 Å². The van der Waals surface area contributed by atoms with Crippen LogP contribution in [0.3, 0.4) is 0 Å². The van der Waals surface area contributed by atoms with Crippen molar-refractivity contribution < 1.29 is 18.7 Å². The van der Waals surface area contributed by atoms with Gasteiger partial charge in [-0.05, 0) is 35.9 Å². The molecule has 1 aliphatic rings. The van der Waals surface area contributed by atoms with Crippen LogP contribution < -0.4 is 9.47 Å². The second kappa shape index (κ2) is 5.37. The van der Waals surface area contributed by atoms with Gasteiger partial charge in [0, 0.05) is 17.0 Å². The molecule has 0 N–H and O–H groups in total. The molecule has 0 amide bonds. The number of ketones is 1. The zero-order valence-corrected chi connectivity index (χ0v) is 12.0. The molecular formula is C16H12ClFO3. The lowest BCUT2D eigenvalue weighted by atomic mass is 9.99. The van der Waals surface area contributed by atoms with Crippen LogP contribution in [0, 0.1) is 5.82 Å². The van der Waals surface area contributed by atoms with Crippen molar-refractivity contribution in [1.29, 1.82) is 0 Å². The lowest BCUT2D eigenvalue weighted by molar-refractivity contribution is 0.103. The normalized spacial score (nSPS) is 12.7. The molecule has 0 aliphatic carbocycles. The van der Waals surface area contributed by atoms with Crippen LogP contribution in [0.1, 0.15) is 21.5 Å². The summed E-state index contributed by atoms with van der Waals surface area (Å²) in [6, 6.07) is 7.44. The first kappa shape index (κ1) is 13.9. The number of rotatable bonds is 3. The molecule has 3 rings (SSSR count). The molecule has 21 heavy (non-hydrogen) atoms. The minimum atomic E-state index is -0.581. The molecule has 0 atom stereocenters. The summed E-state index contributed by atoms with van der Waals surface area (Å²) in [6.07, 6.45) is 0.715. The number of carbonyl (C=O) groups excluding carboxylic acids is 1. The third-order valence-electron chi connectivity index (χ3n) is 3.41. The quantitative estimate of drug-likeness (QED) is 0.812. The zero-order valence-electron chi connectivity index (χ0n) is 11.3. The van der Waals surface area contributed by atoms with Crippen LogP contribution >= 0.6 is 11.6 Å². The van der Waals surface area contributed by atoms with Gasteiger partial charge in [0.25, 0.3) is 0 Å². The van der Waals surface area contributed by atoms with E-state index >= 15 is 0 Å². The standard InChI is InChI=1S/C16H12ClFO3/c1-20-14-3-2-9(7-13(14)18)15(19)12-8-11(17)6-10-4-5-21-16(10)12/h2-3,6-8H,4-5H2,1H3. The zero-order chi connectivity index (χ0) is 15.0. The molecule has 1 heterocycles. The summed E-state index contributed by atoms with van der Waals surface area (Å²) in [5, 5.41) is 0.469. The molecule has 0 bridgehead atoms. The molecule has 2 aromatic carbocycles. The third-order valence-corrected chi connectivity index (χ3v) is 3.63. The van der Waals surface area contributed by atoms with Crippen molar-refractivity contribution in [1.82, 2.24) is 0 Å². The Morgan fingerprint density at radius 2 is 2.14 bits per heavy atom. The first-order valence-corrected chi connectivity index (χ1v) is 6.81. The molecule has 0 saturated carbocycles. The average molecular weight is 307 g/mol. The molecule has 0 fully saturated rings. The summed E-state index contributed by atoms with van der Waals surface area (Å²) in [4.78, 5) is 12.6. The minimum absolute atomic E-state index is 0.0964. The lowest BCUT2D eigenvalue weighted by Crippen LogP contribution is -2.05. The van der Waals surface area contributed by atoms with E-state index in [0.29, 0.717) is 29.4 Å². The fourth-order valence-electron chi connectivity index (χ4n) is 2.40. The maximum absolute atomic E-state index is 13.7. The number of ether oxygens (including phenoxy) is 2. The van der Waals surface area contributed by atoms with E-state index in [4.69, 9.17) is 21.1 Å². The largest absolute Gasteiger partial charge is 0.494 e. The molecule has 3 nitrogen and oxygen atoms in total. The molecule has 5 heteroatoms. The Bertz CT molecular complexity index is 728. The number of methoxy groups -OCH3 is 1. The second-order valence-electron chi connectivity index (χ2n) is 4.72. The van der Waals surface area contributed by atoms with Crippen LogP contribution in [-0.2, 0) is 6.42 Å². The van der Waals surface area contributed by atoms with Crippen molar-refractivity contribution in [3.63, 3.8) is 0 Å². The Hall–Kier alpha value is -2.07. The van der Waals surface area contributed by atoms with E-state index in [1.54, 1.807) is 12.1 Å². The minimum Gasteiger partial charge on any atom is -0.494 e. The van der Waals surface area contributed by atoms with Crippen molar-refractivity contribution >= 4 is 17.4 Å². The maximum atomic E-state index is 13.7. The van der Waals surface area contributed by atoms with Gasteiger partial charge >= 0.3 is 0 Å². The van der Waals surface area contributed by atoms with E-state index in [1.165, 1.54) is 19.2 Å². The topological polar surface area (TPSA) is 35.5 Å². The van der Waals surface area contributed by atoms with E-state index < -0.39 is 5.82 Å². The summed E-state index contributed by atoms with van der Waals surface area (Å²) >= 11 is 6.04. The van der Waals surface area contributed by atoms with E-state index in [1.807, 2.05) is 0 Å². The van der Waals surface area contributed by atoms with Crippen LogP contribution in [0.15, 0.2) is 30.3 Å². The fourth-order valence-corrected chi connectivity index (χ4v) is 2.64. The number of hydrogen-bond donors (Lipinski definition) is 0. The number of hydrogen-bond acceptors (Lipinski definition) is 3. The maximum Gasteiger partial charge on any atom is 0.196 e. The number of fused-ring (bicyclic) bond motifs is 1. The summed E-state index contributed by atoms with van der Waals surface area (Å²) in [6.45, 7) is 0.521. The Kier molecular flexibility index (Phi) is 3.55. The number of benzene rings is 2. The van der Waals surface area contributed by atoms with Crippen molar-refractivity contribution in [3.05, 3.63) is 57.9 Å². The number of halogens is 2. The van der Waals surface area contributed by atoms with Gasteiger partial charge in [-0.3, -0.25) is 4.79 Å². The molecule has 0 saturated heterocycles. The highest BCUT2D eigenvalue weighted by Crippen LogP contribution is 2.34. The van der Waals surface area contributed by atoms with Gasteiger partial charge in [-0.15, -0.1) is 0 Å². The Morgan fingerprint density at radius 1 is 1.33 bits per heavy atom. The van der Waals surface area contributed by atoms with E-state index in [-0.39, 0.29) is 17.1 Å². The highest BCUT2D eigenvalue weighted by atomic mass is 35.5. The molecule has 0 radical (unpaired) electrons. The van der Waals surface area contributed by atoms with Crippen molar-refractivity contribution in [3.8, 4) is 11.5 Å².